The molecule has 0 aliphatic carbocycles. The molecule has 0 heterocycles. The smallest absolute Gasteiger partial charge is 0.323 e. The first kappa shape index (κ1) is 14.8. The lowest BCUT2D eigenvalue weighted by molar-refractivity contribution is -0.143. The predicted octanol–water partition coefficient (Wildman–Crippen LogP) is 0.789. The highest BCUT2D eigenvalue weighted by atomic mass is 16.5. The van der Waals surface area contributed by atoms with E-state index in [4.69, 9.17) is 14.6 Å². The molecular weight excluding hydrogens is 250 g/mol. The number of aliphatic carboxylic acids is 1. The van der Waals surface area contributed by atoms with Gasteiger partial charge in [0.2, 0.25) is 5.91 Å². The van der Waals surface area contributed by atoms with Gasteiger partial charge in [0.25, 0.3) is 0 Å². The second-order valence-corrected chi connectivity index (χ2v) is 4.00. The number of benzene rings is 1. The molecule has 1 aromatic carbocycles. The standard InChI is InChI=1S/C13H17NO5/c1-14(8-13(16)17)12(15)7-9-6-10(18-2)4-5-11(9)19-3/h4-6H,7-8H2,1-3H3,(H,16,17). The molecule has 1 aromatic rings. The van der Waals surface area contributed by atoms with E-state index in [1.165, 1.54) is 21.3 Å². The Bertz CT molecular complexity index is 472. The third kappa shape index (κ3) is 4.17. The molecule has 1 rings (SSSR count). The van der Waals surface area contributed by atoms with Crippen LogP contribution in [-0.4, -0.2) is 49.7 Å². The topological polar surface area (TPSA) is 76.1 Å². The molecule has 0 atom stereocenters. The van der Waals surface area contributed by atoms with Crippen LogP contribution in [0.4, 0.5) is 0 Å². The van der Waals surface area contributed by atoms with E-state index in [2.05, 4.69) is 0 Å². The van der Waals surface area contributed by atoms with Crippen LogP contribution in [0, 0.1) is 0 Å². The predicted molar refractivity (Wildman–Crippen MR) is 68.5 cm³/mol. The molecule has 0 aromatic heterocycles. The maximum absolute atomic E-state index is 11.9. The van der Waals surface area contributed by atoms with E-state index in [-0.39, 0.29) is 18.9 Å². The van der Waals surface area contributed by atoms with Crippen LogP contribution in [0.15, 0.2) is 18.2 Å². The number of carboxylic acids is 1. The molecule has 0 saturated heterocycles. The molecule has 0 bridgehead atoms. The van der Waals surface area contributed by atoms with Crippen molar-refractivity contribution in [1.82, 2.24) is 4.90 Å². The molecule has 0 saturated carbocycles. The Kier molecular flexibility index (Phi) is 5.17. The first-order chi connectivity index (χ1) is 8.97. The van der Waals surface area contributed by atoms with E-state index < -0.39 is 5.97 Å². The van der Waals surface area contributed by atoms with Gasteiger partial charge in [-0.3, -0.25) is 9.59 Å². The summed E-state index contributed by atoms with van der Waals surface area (Å²) in [4.78, 5) is 23.6. The average molecular weight is 267 g/mol. The largest absolute Gasteiger partial charge is 0.497 e. The van der Waals surface area contributed by atoms with Crippen LogP contribution in [0.1, 0.15) is 5.56 Å². The van der Waals surface area contributed by atoms with Crippen LogP contribution in [0.25, 0.3) is 0 Å². The first-order valence-corrected chi connectivity index (χ1v) is 5.64. The third-order valence-electron chi connectivity index (χ3n) is 2.63. The summed E-state index contributed by atoms with van der Waals surface area (Å²) in [6.07, 6.45) is 0.0597. The maximum atomic E-state index is 11.9. The quantitative estimate of drug-likeness (QED) is 0.824. The fraction of sp³-hybridized carbons (Fsp3) is 0.385. The number of hydrogen-bond donors (Lipinski definition) is 1. The number of carbonyl (C=O) groups is 2. The van der Waals surface area contributed by atoms with Crippen molar-refractivity contribution in [2.75, 3.05) is 27.8 Å². The number of ether oxygens (including phenoxy) is 2. The van der Waals surface area contributed by atoms with Crippen molar-refractivity contribution in [3.63, 3.8) is 0 Å². The number of amides is 1. The number of nitrogens with zero attached hydrogens (tertiary/aromatic N) is 1. The molecule has 0 spiro atoms. The maximum Gasteiger partial charge on any atom is 0.323 e. The zero-order chi connectivity index (χ0) is 14.4. The van der Waals surface area contributed by atoms with E-state index >= 15 is 0 Å². The summed E-state index contributed by atoms with van der Waals surface area (Å²) in [6, 6.07) is 5.14. The van der Waals surface area contributed by atoms with E-state index in [0.717, 1.165) is 4.90 Å². The Balaban J connectivity index is 2.85. The lowest BCUT2D eigenvalue weighted by Gasteiger charge is -2.16. The van der Waals surface area contributed by atoms with E-state index in [1.54, 1.807) is 18.2 Å². The summed E-state index contributed by atoms with van der Waals surface area (Å²) in [5.41, 5.74) is 0.657. The number of likely N-dealkylation sites (N-methyl/N-ethyl adjacent to an activating group) is 1. The summed E-state index contributed by atoms with van der Waals surface area (Å²) >= 11 is 0. The summed E-state index contributed by atoms with van der Waals surface area (Å²) in [7, 11) is 4.49. The minimum Gasteiger partial charge on any atom is -0.497 e. The summed E-state index contributed by atoms with van der Waals surface area (Å²) < 4.78 is 10.3. The van der Waals surface area contributed by atoms with Crippen molar-refractivity contribution in [3.8, 4) is 11.5 Å². The van der Waals surface area contributed by atoms with Gasteiger partial charge in [0.15, 0.2) is 0 Å². The summed E-state index contributed by atoms with van der Waals surface area (Å²) in [5, 5.41) is 8.64. The normalized spacial score (nSPS) is 9.84. The Morgan fingerprint density at radius 1 is 1.26 bits per heavy atom. The third-order valence-corrected chi connectivity index (χ3v) is 2.63. The molecule has 0 aliphatic heterocycles. The van der Waals surface area contributed by atoms with Gasteiger partial charge >= 0.3 is 5.97 Å². The van der Waals surface area contributed by atoms with Gasteiger partial charge in [-0.15, -0.1) is 0 Å². The van der Waals surface area contributed by atoms with Gasteiger partial charge in [-0.25, -0.2) is 0 Å². The number of methoxy groups -OCH3 is 2. The Labute approximate surface area is 111 Å². The van der Waals surface area contributed by atoms with Gasteiger partial charge in [0.05, 0.1) is 20.6 Å². The van der Waals surface area contributed by atoms with Crippen molar-refractivity contribution in [1.29, 1.82) is 0 Å². The second-order valence-electron chi connectivity index (χ2n) is 4.00. The van der Waals surface area contributed by atoms with Gasteiger partial charge in [-0.1, -0.05) is 0 Å². The van der Waals surface area contributed by atoms with Crippen LogP contribution in [-0.2, 0) is 16.0 Å². The summed E-state index contributed by atoms with van der Waals surface area (Å²) in [6.45, 7) is -0.328. The van der Waals surface area contributed by atoms with E-state index in [1.807, 2.05) is 0 Å². The molecule has 0 unspecified atom stereocenters. The molecule has 6 nitrogen and oxygen atoms in total. The Hall–Kier alpha value is -2.24. The molecular formula is C13H17NO5. The number of hydrogen-bond acceptors (Lipinski definition) is 4. The number of carboxylic acid groups (broad SMARTS) is 1. The zero-order valence-electron chi connectivity index (χ0n) is 11.2. The van der Waals surface area contributed by atoms with Crippen LogP contribution < -0.4 is 9.47 Å². The molecule has 19 heavy (non-hydrogen) atoms. The minimum absolute atomic E-state index is 0.0597. The van der Waals surface area contributed by atoms with Gasteiger partial charge in [-0.2, -0.15) is 0 Å². The van der Waals surface area contributed by atoms with Crippen molar-refractivity contribution in [2.24, 2.45) is 0 Å². The Morgan fingerprint density at radius 2 is 1.95 bits per heavy atom. The molecule has 6 heteroatoms. The van der Waals surface area contributed by atoms with Crippen molar-refractivity contribution in [3.05, 3.63) is 23.8 Å². The highest BCUT2D eigenvalue weighted by Gasteiger charge is 2.15. The minimum atomic E-state index is -1.05. The average Bonchev–Trinajstić information content (AvgIpc) is 2.37. The molecule has 1 N–H and O–H groups in total. The fourth-order valence-corrected chi connectivity index (χ4v) is 1.61. The van der Waals surface area contributed by atoms with Crippen LogP contribution in [0.5, 0.6) is 11.5 Å². The van der Waals surface area contributed by atoms with Gasteiger partial charge < -0.3 is 19.5 Å². The van der Waals surface area contributed by atoms with Crippen molar-refractivity contribution in [2.45, 2.75) is 6.42 Å². The van der Waals surface area contributed by atoms with Crippen molar-refractivity contribution >= 4 is 11.9 Å². The first-order valence-electron chi connectivity index (χ1n) is 5.64. The van der Waals surface area contributed by atoms with Crippen molar-refractivity contribution < 1.29 is 24.2 Å². The molecule has 0 radical (unpaired) electrons. The SMILES string of the molecule is COc1ccc(OC)c(CC(=O)N(C)CC(=O)O)c1. The molecule has 0 aliphatic rings. The van der Waals surface area contributed by atoms with Crippen LogP contribution in [0.2, 0.25) is 0 Å². The van der Waals surface area contributed by atoms with Crippen LogP contribution >= 0.6 is 0 Å². The molecule has 0 fully saturated rings. The second kappa shape index (κ2) is 6.63. The summed E-state index contributed by atoms with van der Waals surface area (Å²) in [5.74, 6) is -0.162. The molecule has 1 amide bonds. The van der Waals surface area contributed by atoms with Gasteiger partial charge in [0, 0.05) is 12.6 Å². The highest BCUT2D eigenvalue weighted by molar-refractivity contribution is 5.83. The van der Waals surface area contributed by atoms with E-state index in [0.29, 0.717) is 17.1 Å². The lowest BCUT2D eigenvalue weighted by atomic mass is 10.1. The lowest BCUT2D eigenvalue weighted by Crippen LogP contribution is -2.33. The van der Waals surface area contributed by atoms with Gasteiger partial charge in [-0.05, 0) is 18.2 Å². The zero-order valence-corrected chi connectivity index (χ0v) is 11.2. The fourth-order valence-electron chi connectivity index (χ4n) is 1.61. The molecule has 104 valence electrons. The number of carbonyl (C=O) groups excluding carboxylic acids is 1. The monoisotopic (exact) mass is 267 g/mol. The highest BCUT2D eigenvalue weighted by Crippen LogP contribution is 2.24. The van der Waals surface area contributed by atoms with Gasteiger partial charge in [0.1, 0.15) is 18.0 Å². The Morgan fingerprint density at radius 3 is 2.47 bits per heavy atom. The van der Waals surface area contributed by atoms with Crippen LogP contribution in [0.3, 0.4) is 0 Å². The number of rotatable bonds is 6. The van der Waals surface area contributed by atoms with E-state index in [9.17, 15) is 9.59 Å².